The van der Waals surface area contributed by atoms with Gasteiger partial charge in [-0.05, 0) is 30.9 Å². The number of rotatable bonds is 4. The molecular formula is C19H27N3O2. The van der Waals surface area contributed by atoms with Gasteiger partial charge in [-0.15, -0.1) is 0 Å². The van der Waals surface area contributed by atoms with Crippen LogP contribution in [0.2, 0.25) is 0 Å². The number of aliphatic hydroxyl groups excluding tert-OH is 1. The van der Waals surface area contributed by atoms with Crippen LogP contribution in [-0.2, 0) is 4.79 Å². The quantitative estimate of drug-likeness (QED) is 0.901. The van der Waals surface area contributed by atoms with E-state index in [0.717, 1.165) is 26.2 Å². The number of hydrogen-bond donors (Lipinski definition) is 1. The zero-order valence-electron chi connectivity index (χ0n) is 14.2. The molecule has 0 unspecified atom stereocenters. The highest BCUT2D eigenvalue weighted by Crippen LogP contribution is 2.33. The van der Waals surface area contributed by atoms with E-state index in [-0.39, 0.29) is 11.9 Å². The summed E-state index contributed by atoms with van der Waals surface area (Å²) in [7, 11) is 0. The first kappa shape index (κ1) is 15.9. The summed E-state index contributed by atoms with van der Waals surface area (Å²) in [6, 6.07) is 10.6. The van der Waals surface area contributed by atoms with Crippen LogP contribution >= 0.6 is 0 Å². The van der Waals surface area contributed by atoms with Crippen molar-refractivity contribution in [3.63, 3.8) is 0 Å². The molecule has 1 aromatic rings. The van der Waals surface area contributed by atoms with Crippen molar-refractivity contribution in [1.29, 1.82) is 0 Å². The second-order valence-electron chi connectivity index (χ2n) is 7.44. The summed E-state index contributed by atoms with van der Waals surface area (Å²) in [5.41, 5.74) is 1.27. The van der Waals surface area contributed by atoms with Gasteiger partial charge in [-0.1, -0.05) is 18.2 Å². The number of carbonyl (C=O) groups is 1. The largest absolute Gasteiger partial charge is 0.390 e. The number of piperazine rings is 1. The lowest BCUT2D eigenvalue weighted by atomic mass is 10.1. The third-order valence-electron chi connectivity index (χ3n) is 5.68. The molecule has 2 heterocycles. The molecule has 2 atom stereocenters. The third-order valence-corrected chi connectivity index (χ3v) is 5.68. The van der Waals surface area contributed by atoms with Gasteiger partial charge in [0.1, 0.15) is 0 Å². The van der Waals surface area contributed by atoms with E-state index in [9.17, 15) is 9.90 Å². The molecule has 1 aromatic carbocycles. The molecule has 130 valence electrons. The summed E-state index contributed by atoms with van der Waals surface area (Å²) in [4.78, 5) is 18.9. The molecule has 0 radical (unpaired) electrons. The van der Waals surface area contributed by atoms with E-state index in [1.54, 1.807) is 0 Å². The number of amides is 1. The predicted octanol–water partition coefficient (Wildman–Crippen LogP) is 1.18. The minimum absolute atomic E-state index is 0.103. The zero-order chi connectivity index (χ0) is 16.5. The highest BCUT2D eigenvalue weighted by Gasteiger charge is 2.39. The monoisotopic (exact) mass is 329 g/mol. The molecule has 4 rings (SSSR count). The number of anilines is 1. The number of β-amino-alcohol motifs (C(OH)–C–C–N with tert-alkyl or cyclic N) is 1. The minimum Gasteiger partial charge on any atom is -0.390 e. The van der Waals surface area contributed by atoms with Crippen LogP contribution in [0, 0.1) is 5.92 Å². The second-order valence-corrected chi connectivity index (χ2v) is 7.44. The number of hydrogen-bond acceptors (Lipinski definition) is 4. The Kier molecular flexibility index (Phi) is 4.46. The van der Waals surface area contributed by atoms with Crippen molar-refractivity contribution in [1.82, 2.24) is 9.80 Å². The van der Waals surface area contributed by atoms with Crippen LogP contribution in [0.5, 0.6) is 0 Å². The average molecular weight is 329 g/mol. The van der Waals surface area contributed by atoms with Crippen molar-refractivity contribution in [2.45, 2.75) is 31.4 Å². The van der Waals surface area contributed by atoms with Crippen LogP contribution in [0.25, 0.3) is 0 Å². The first-order valence-electron chi connectivity index (χ1n) is 9.20. The van der Waals surface area contributed by atoms with Crippen molar-refractivity contribution in [3.8, 4) is 0 Å². The third kappa shape index (κ3) is 3.42. The van der Waals surface area contributed by atoms with Gasteiger partial charge < -0.3 is 14.9 Å². The molecule has 0 bridgehead atoms. The van der Waals surface area contributed by atoms with Crippen molar-refractivity contribution < 1.29 is 9.90 Å². The SMILES string of the molecule is O=C(CC1CC1)N1C[C@@H](O)[C@H](N2CCN(c3ccccc3)CC2)C1. The Balaban J connectivity index is 1.31. The Morgan fingerprint density at radius 1 is 1.04 bits per heavy atom. The van der Waals surface area contributed by atoms with Gasteiger partial charge in [0.2, 0.25) is 5.91 Å². The van der Waals surface area contributed by atoms with Gasteiger partial charge >= 0.3 is 0 Å². The molecule has 0 spiro atoms. The second kappa shape index (κ2) is 6.73. The van der Waals surface area contributed by atoms with Gasteiger partial charge in [-0.2, -0.15) is 0 Å². The van der Waals surface area contributed by atoms with Crippen LogP contribution in [0.1, 0.15) is 19.3 Å². The molecule has 0 aromatic heterocycles. The number of aliphatic hydroxyl groups is 1. The Morgan fingerprint density at radius 3 is 2.42 bits per heavy atom. The molecule has 2 saturated heterocycles. The van der Waals surface area contributed by atoms with Crippen LogP contribution in [0.15, 0.2) is 30.3 Å². The van der Waals surface area contributed by atoms with E-state index < -0.39 is 6.10 Å². The fraction of sp³-hybridized carbons (Fsp3) is 0.632. The predicted molar refractivity (Wildman–Crippen MR) is 93.9 cm³/mol. The topological polar surface area (TPSA) is 47.0 Å². The summed E-state index contributed by atoms with van der Waals surface area (Å²) in [5, 5.41) is 10.4. The normalized spacial score (nSPS) is 28.4. The summed E-state index contributed by atoms with van der Waals surface area (Å²) < 4.78 is 0. The highest BCUT2D eigenvalue weighted by molar-refractivity contribution is 5.77. The maximum atomic E-state index is 12.3. The lowest BCUT2D eigenvalue weighted by Crippen LogP contribution is -2.53. The van der Waals surface area contributed by atoms with Gasteiger partial charge in [0.05, 0.1) is 12.1 Å². The number of benzene rings is 1. The van der Waals surface area contributed by atoms with Crippen molar-refractivity contribution in [3.05, 3.63) is 30.3 Å². The Hall–Kier alpha value is -1.59. The van der Waals surface area contributed by atoms with E-state index in [1.807, 2.05) is 11.0 Å². The van der Waals surface area contributed by atoms with E-state index in [1.165, 1.54) is 18.5 Å². The number of carbonyl (C=O) groups excluding carboxylic acids is 1. The maximum Gasteiger partial charge on any atom is 0.222 e. The fourth-order valence-electron chi connectivity index (χ4n) is 3.98. The molecule has 2 aliphatic heterocycles. The van der Waals surface area contributed by atoms with Gasteiger partial charge in [-0.3, -0.25) is 9.69 Å². The Bertz CT molecular complexity index is 567. The molecule has 5 heteroatoms. The highest BCUT2D eigenvalue weighted by atomic mass is 16.3. The van der Waals surface area contributed by atoms with Crippen molar-refractivity contribution >= 4 is 11.6 Å². The number of para-hydroxylation sites is 1. The van der Waals surface area contributed by atoms with Crippen LogP contribution in [0.3, 0.4) is 0 Å². The minimum atomic E-state index is -0.406. The Morgan fingerprint density at radius 2 is 1.75 bits per heavy atom. The van der Waals surface area contributed by atoms with E-state index in [4.69, 9.17) is 0 Å². The lowest BCUT2D eigenvalue weighted by molar-refractivity contribution is -0.131. The Labute approximate surface area is 143 Å². The van der Waals surface area contributed by atoms with Crippen LogP contribution < -0.4 is 4.90 Å². The lowest BCUT2D eigenvalue weighted by Gasteiger charge is -2.39. The molecule has 3 aliphatic rings. The first-order chi connectivity index (χ1) is 11.7. The van der Waals surface area contributed by atoms with Crippen molar-refractivity contribution in [2.24, 2.45) is 5.92 Å². The van der Waals surface area contributed by atoms with Gasteiger partial charge in [-0.25, -0.2) is 0 Å². The van der Waals surface area contributed by atoms with E-state index >= 15 is 0 Å². The molecule has 1 aliphatic carbocycles. The molecule has 24 heavy (non-hydrogen) atoms. The smallest absolute Gasteiger partial charge is 0.222 e. The van der Waals surface area contributed by atoms with Crippen LogP contribution in [-0.4, -0.2) is 72.2 Å². The summed E-state index contributed by atoms with van der Waals surface area (Å²) in [6.45, 7) is 5.04. The summed E-state index contributed by atoms with van der Waals surface area (Å²) in [6.07, 6.45) is 2.68. The molecule has 1 N–H and O–H groups in total. The molecule has 3 fully saturated rings. The first-order valence-corrected chi connectivity index (χ1v) is 9.20. The maximum absolute atomic E-state index is 12.3. The van der Waals surface area contributed by atoms with Gasteiger partial charge in [0.25, 0.3) is 0 Å². The number of nitrogens with zero attached hydrogens (tertiary/aromatic N) is 3. The average Bonchev–Trinajstić information content (AvgIpc) is 3.35. The molecule has 1 saturated carbocycles. The molecule has 1 amide bonds. The van der Waals surface area contributed by atoms with E-state index in [0.29, 0.717) is 25.4 Å². The fourth-order valence-corrected chi connectivity index (χ4v) is 3.98. The molecular weight excluding hydrogens is 302 g/mol. The standard InChI is InChI=1S/C19H27N3O2/c23-18-14-22(19(24)12-15-6-7-15)13-17(18)21-10-8-20(9-11-21)16-4-2-1-3-5-16/h1-5,15,17-18,23H,6-14H2/t17-,18-/m1/s1. The van der Waals surface area contributed by atoms with Gasteiger partial charge in [0, 0.05) is 51.4 Å². The summed E-state index contributed by atoms with van der Waals surface area (Å²) in [5.74, 6) is 0.852. The zero-order valence-corrected chi connectivity index (χ0v) is 14.2. The van der Waals surface area contributed by atoms with Crippen molar-refractivity contribution in [2.75, 3.05) is 44.2 Å². The number of likely N-dealkylation sites (tertiary alicyclic amines) is 1. The molecule has 5 nitrogen and oxygen atoms in total. The van der Waals surface area contributed by atoms with Gasteiger partial charge in [0.15, 0.2) is 0 Å². The van der Waals surface area contributed by atoms with E-state index in [2.05, 4.69) is 34.1 Å². The van der Waals surface area contributed by atoms with Crippen LogP contribution in [0.4, 0.5) is 5.69 Å². The summed E-state index contributed by atoms with van der Waals surface area (Å²) >= 11 is 0.